The van der Waals surface area contributed by atoms with Gasteiger partial charge >= 0.3 is 12.1 Å². The summed E-state index contributed by atoms with van der Waals surface area (Å²) in [7, 11) is 0. The summed E-state index contributed by atoms with van der Waals surface area (Å²) in [6.45, 7) is 1.65. The van der Waals surface area contributed by atoms with Crippen molar-refractivity contribution in [3.8, 4) is 0 Å². The fraction of sp³-hybridized carbons (Fsp3) is 0.455. The molecular weight excluding hydrogens is 241 g/mol. The van der Waals surface area contributed by atoms with Crippen molar-refractivity contribution in [2.24, 2.45) is 5.73 Å². The third kappa shape index (κ3) is 3.15. The smallest absolute Gasteiger partial charge is 0.328 e. The zero-order chi connectivity index (χ0) is 13.3. The normalized spacial score (nSPS) is 14.8. The van der Waals surface area contributed by atoms with Crippen molar-refractivity contribution in [2.45, 2.75) is 31.5 Å². The molecule has 0 heterocycles. The van der Waals surface area contributed by atoms with Gasteiger partial charge in [0.05, 0.1) is 0 Å². The molecule has 17 heavy (non-hydrogen) atoms. The zero-order valence-electron chi connectivity index (χ0n) is 9.06. The van der Waals surface area contributed by atoms with E-state index in [9.17, 15) is 22.0 Å². The molecule has 0 aliphatic carbocycles. The Balaban J connectivity index is 3.07. The Labute approximate surface area is 95.4 Å². The van der Waals surface area contributed by atoms with E-state index in [1.54, 1.807) is 6.92 Å². The topological polar surface area (TPSA) is 26.0 Å². The zero-order valence-corrected chi connectivity index (χ0v) is 9.06. The van der Waals surface area contributed by atoms with E-state index < -0.39 is 17.7 Å². The standard InChI is InChI=1S/C11H12F5N/c1-7(17)5-8-3-2-4-9(6-8)10(12,13)11(14,15)16/h2-4,6-7H,5,17H2,1H3/t7-/m0/s1. The maximum absolute atomic E-state index is 13.0. The Bertz CT molecular complexity index is 384. The SMILES string of the molecule is C[C@H](N)Cc1cccc(C(F)(F)C(F)(F)F)c1. The lowest BCUT2D eigenvalue weighted by atomic mass is 10.0. The van der Waals surface area contributed by atoms with E-state index in [0.717, 1.165) is 12.1 Å². The lowest BCUT2D eigenvalue weighted by Gasteiger charge is -2.20. The minimum Gasteiger partial charge on any atom is -0.328 e. The summed E-state index contributed by atoms with van der Waals surface area (Å²) in [5.41, 5.74) is 4.77. The van der Waals surface area contributed by atoms with Crippen LogP contribution in [0.5, 0.6) is 0 Å². The van der Waals surface area contributed by atoms with Crippen molar-refractivity contribution in [3.63, 3.8) is 0 Å². The summed E-state index contributed by atoms with van der Waals surface area (Å²) < 4.78 is 62.5. The second-order valence-corrected chi connectivity index (χ2v) is 3.95. The van der Waals surface area contributed by atoms with Crippen LogP contribution < -0.4 is 5.73 Å². The van der Waals surface area contributed by atoms with Gasteiger partial charge in [-0.15, -0.1) is 0 Å². The second-order valence-electron chi connectivity index (χ2n) is 3.95. The first kappa shape index (κ1) is 13.9. The molecule has 0 saturated carbocycles. The Morgan fingerprint density at radius 1 is 1.18 bits per heavy atom. The van der Waals surface area contributed by atoms with E-state index in [0.29, 0.717) is 5.56 Å². The quantitative estimate of drug-likeness (QED) is 0.822. The molecular formula is C11H12F5N. The summed E-state index contributed by atoms with van der Waals surface area (Å²) in [4.78, 5) is 0. The maximum Gasteiger partial charge on any atom is 0.458 e. The van der Waals surface area contributed by atoms with Crippen LogP contribution >= 0.6 is 0 Å². The molecule has 0 amide bonds. The van der Waals surface area contributed by atoms with Crippen LogP contribution in [0.1, 0.15) is 18.1 Å². The van der Waals surface area contributed by atoms with Gasteiger partial charge in [0.1, 0.15) is 0 Å². The first-order valence-corrected chi connectivity index (χ1v) is 4.94. The summed E-state index contributed by atoms with van der Waals surface area (Å²) in [6, 6.07) is 3.95. The fourth-order valence-electron chi connectivity index (χ4n) is 1.43. The largest absolute Gasteiger partial charge is 0.458 e. The molecule has 0 fully saturated rings. The number of hydrogen-bond acceptors (Lipinski definition) is 1. The summed E-state index contributed by atoms with van der Waals surface area (Å²) in [5, 5.41) is 0. The molecule has 1 rings (SSSR count). The average Bonchev–Trinajstić information content (AvgIpc) is 2.15. The molecule has 0 unspecified atom stereocenters. The first-order chi connectivity index (χ1) is 7.64. The highest BCUT2D eigenvalue weighted by Gasteiger charge is 2.58. The molecule has 1 aromatic rings. The van der Waals surface area contributed by atoms with Gasteiger partial charge in [-0.25, -0.2) is 0 Å². The third-order valence-corrected chi connectivity index (χ3v) is 2.20. The van der Waals surface area contributed by atoms with Crippen LogP contribution in [0, 0.1) is 0 Å². The molecule has 0 aliphatic heterocycles. The van der Waals surface area contributed by atoms with Crippen LogP contribution in [0.15, 0.2) is 24.3 Å². The molecule has 0 aromatic heterocycles. The lowest BCUT2D eigenvalue weighted by Crippen LogP contribution is -2.33. The van der Waals surface area contributed by atoms with E-state index >= 15 is 0 Å². The van der Waals surface area contributed by atoms with E-state index in [4.69, 9.17) is 5.73 Å². The summed E-state index contributed by atoms with van der Waals surface area (Å²) in [5.74, 6) is -4.83. The number of hydrogen-bond donors (Lipinski definition) is 1. The second kappa shape index (κ2) is 4.60. The van der Waals surface area contributed by atoms with E-state index in [1.165, 1.54) is 12.1 Å². The number of alkyl halides is 5. The average molecular weight is 253 g/mol. The van der Waals surface area contributed by atoms with Gasteiger partial charge in [0.25, 0.3) is 0 Å². The van der Waals surface area contributed by atoms with Gasteiger partial charge in [-0.3, -0.25) is 0 Å². The van der Waals surface area contributed by atoms with Crippen molar-refractivity contribution in [1.82, 2.24) is 0 Å². The summed E-state index contributed by atoms with van der Waals surface area (Å²) >= 11 is 0. The Kier molecular flexibility index (Phi) is 3.76. The molecule has 0 spiro atoms. The predicted octanol–water partition coefficient (Wildman–Crippen LogP) is 3.23. The Morgan fingerprint density at radius 3 is 2.24 bits per heavy atom. The molecule has 1 nitrogen and oxygen atoms in total. The Hall–Kier alpha value is -1.17. The van der Waals surface area contributed by atoms with Crippen LogP contribution in [0.2, 0.25) is 0 Å². The third-order valence-electron chi connectivity index (χ3n) is 2.20. The van der Waals surface area contributed by atoms with Gasteiger partial charge in [0, 0.05) is 11.6 Å². The van der Waals surface area contributed by atoms with Gasteiger partial charge in [-0.1, -0.05) is 18.2 Å². The number of rotatable bonds is 3. The van der Waals surface area contributed by atoms with Gasteiger partial charge in [0.15, 0.2) is 0 Å². The fourth-order valence-corrected chi connectivity index (χ4v) is 1.43. The van der Waals surface area contributed by atoms with E-state index in [2.05, 4.69) is 0 Å². The molecule has 0 saturated heterocycles. The summed E-state index contributed by atoms with van der Waals surface area (Å²) in [6.07, 6.45) is -5.33. The number of halogens is 5. The van der Waals surface area contributed by atoms with Crippen LogP contribution in [-0.4, -0.2) is 12.2 Å². The highest BCUT2D eigenvalue weighted by molar-refractivity contribution is 5.28. The number of nitrogens with two attached hydrogens (primary N) is 1. The first-order valence-electron chi connectivity index (χ1n) is 4.94. The van der Waals surface area contributed by atoms with Crippen molar-refractivity contribution >= 4 is 0 Å². The van der Waals surface area contributed by atoms with Crippen molar-refractivity contribution in [3.05, 3.63) is 35.4 Å². The minimum atomic E-state index is -5.58. The van der Waals surface area contributed by atoms with Gasteiger partial charge < -0.3 is 5.73 Å². The molecule has 1 aromatic carbocycles. The van der Waals surface area contributed by atoms with Crippen molar-refractivity contribution in [1.29, 1.82) is 0 Å². The Morgan fingerprint density at radius 2 is 1.76 bits per heavy atom. The lowest BCUT2D eigenvalue weighted by molar-refractivity contribution is -0.289. The van der Waals surface area contributed by atoms with Crippen LogP contribution in [0.4, 0.5) is 22.0 Å². The number of benzene rings is 1. The monoisotopic (exact) mass is 253 g/mol. The highest BCUT2D eigenvalue weighted by atomic mass is 19.4. The van der Waals surface area contributed by atoms with E-state index in [-0.39, 0.29) is 12.5 Å². The van der Waals surface area contributed by atoms with Gasteiger partial charge in [-0.05, 0) is 25.0 Å². The highest BCUT2D eigenvalue weighted by Crippen LogP contribution is 2.43. The van der Waals surface area contributed by atoms with Gasteiger partial charge in [0.2, 0.25) is 0 Å². The molecule has 96 valence electrons. The maximum atomic E-state index is 13.0. The predicted molar refractivity (Wildman–Crippen MR) is 53.7 cm³/mol. The van der Waals surface area contributed by atoms with Crippen molar-refractivity contribution < 1.29 is 22.0 Å². The molecule has 1 atom stereocenters. The van der Waals surface area contributed by atoms with Crippen LogP contribution in [0.25, 0.3) is 0 Å². The van der Waals surface area contributed by atoms with Crippen LogP contribution in [-0.2, 0) is 12.3 Å². The van der Waals surface area contributed by atoms with E-state index in [1.807, 2.05) is 0 Å². The molecule has 0 radical (unpaired) electrons. The van der Waals surface area contributed by atoms with Gasteiger partial charge in [-0.2, -0.15) is 22.0 Å². The van der Waals surface area contributed by atoms with Crippen molar-refractivity contribution in [2.75, 3.05) is 0 Å². The molecule has 6 heteroatoms. The molecule has 0 bridgehead atoms. The molecule has 2 N–H and O–H groups in total. The minimum absolute atomic E-state index is 0.252. The molecule has 0 aliphatic rings. The van der Waals surface area contributed by atoms with Crippen LogP contribution in [0.3, 0.4) is 0 Å².